The molecule has 0 radical (unpaired) electrons. The highest BCUT2D eigenvalue weighted by Crippen LogP contribution is 2.43. The summed E-state index contributed by atoms with van der Waals surface area (Å²) in [5.74, 6) is 0. The normalized spacial score (nSPS) is 12.4. The molecule has 6 aromatic carbocycles. The molecule has 0 aliphatic rings. The van der Waals surface area contributed by atoms with E-state index in [9.17, 15) is 0 Å². The number of unbranched alkanes of at least 4 members (excludes halogenated alkanes) is 6. The lowest BCUT2D eigenvalue weighted by molar-refractivity contribution is 0.266. The summed E-state index contributed by atoms with van der Waals surface area (Å²) >= 11 is 0. The highest BCUT2D eigenvalue weighted by molar-refractivity contribution is 6.13. The molecule has 0 fully saturated rings. The summed E-state index contributed by atoms with van der Waals surface area (Å²) in [6, 6.07) is 50.0. The fourth-order valence-corrected chi connectivity index (χ4v) is 9.47. The van der Waals surface area contributed by atoms with Crippen molar-refractivity contribution in [1.82, 2.24) is 13.7 Å². The largest absolute Gasteiger partial charge is 0.335 e. The maximum Gasteiger partial charge on any atom is 0.0541 e. The van der Waals surface area contributed by atoms with Crippen LogP contribution < -0.4 is 0 Å². The summed E-state index contributed by atoms with van der Waals surface area (Å²) in [7, 11) is 0. The lowest BCUT2D eigenvalue weighted by Gasteiger charge is -2.34. The van der Waals surface area contributed by atoms with E-state index < -0.39 is 0 Å². The maximum absolute atomic E-state index is 2.76. The Hall–Kier alpha value is -5.28. The van der Waals surface area contributed by atoms with Gasteiger partial charge in [0.15, 0.2) is 0 Å². The first-order valence-electron chi connectivity index (χ1n) is 20.2. The standard InChI is InChI=1S/C50H51N3/c1-4-6-8-18-32-50(3,33-19-9-7-5-2)53-48-30-28-36(51-44-24-14-10-20-38(44)39-21-11-15-25-45(39)51)34-42(48)43-35-37(29-31-49(43)53)52-46-26-16-12-22-40(46)41-23-13-17-27-47(41)52/h10-17,20-31,34-35H,4-9,18-19,32-33H2,1-3H3. The summed E-state index contributed by atoms with van der Waals surface area (Å²) in [6.07, 6.45) is 12.7. The van der Waals surface area contributed by atoms with Crippen LogP contribution in [0.1, 0.15) is 85.0 Å². The Morgan fingerprint density at radius 2 is 0.736 bits per heavy atom. The average molecular weight is 694 g/mol. The monoisotopic (exact) mass is 693 g/mol. The zero-order valence-corrected chi connectivity index (χ0v) is 31.6. The van der Waals surface area contributed by atoms with Gasteiger partial charge in [0.2, 0.25) is 0 Å². The molecule has 3 aromatic heterocycles. The van der Waals surface area contributed by atoms with E-state index in [0.717, 1.165) is 0 Å². The fraction of sp³-hybridized carbons (Fsp3) is 0.280. The Labute approximate surface area is 313 Å². The van der Waals surface area contributed by atoms with Gasteiger partial charge >= 0.3 is 0 Å². The SMILES string of the molecule is CCCCCCC(C)(CCCCCC)n1c2ccc(-n3c4ccccc4c4ccccc43)cc2c2cc(-n3c4ccccc4c4ccccc43)ccc21. The van der Waals surface area contributed by atoms with Gasteiger partial charge < -0.3 is 13.7 Å². The van der Waals surface area contributed by atoms with Gasteiger partial charge in [0.25, 0.3) is 0 Å². The molecule has 266 valence electrons. The maximum atomic E-state index is 2.76. The molecule has 0 amide bonds. The second-order valence-corrected chi connectivity index (χ2v) is 15.6. The van der Waals surface area contributed by atoms with Gasteiger partial charge in [-0.1, -0.05) is 138 Å². The third-order valence-electron chi connectivity index (χ3n) is 12.1. The summed E-state index contributed by atoms with van der Waals surface area (Å²) in [4.78, 5) is 0. The summed E-state index contributed by atoms with van der Waals surface area (Å²) in [5.41, 5.74) is 10.1. The molecule has 9 aromatic rings. The van der Waals surface area contributed by atoms with Crippen molar-refractivity contribution in [2.75, 3.05) is 0 Å². The predicted octanol–water partition coefficient (Wildman–Crippen LogP) is 14.6. The highest BCUT2D eigenvalue weighted by Gasteiger charge is 2.30. The van der Waals surface area contributed by atoms with Crippen LogP contribution in [0.3, 0.4) is 0 Å². The molecule has 0 aliphatic heterocycles. The second kappa shape index (κ2) is 13.9. The van der Waals surface area contributed by atoms with Crippen molar-refractivity contribution in [2.24, 2.45) is 0 Å². The smallest absolute Gasteiger partial charge is 0.0541 e. The summed E-state index contributed by atoms with van der Waals surface area (Å²) < 4.78 is 7.71. The van der Waals surface area contributed by atoms with Crippen molar-refractivity contribution in [3.8, 4) is 11.4 Å². The van der Waals surface area contributed by atoms with E-state index in [1.807, 2.05) is 0 Å². The Morgan fingerprint density at radius 3 is 1.09 bits per heavy atom. The number of nitrogens with zero attached hydrogens (tertiary/aromatic N) is 3. The molecule has 0 aliphatic carbocycles. The van der Waals surface area contributed by atoms with E-state index in [2.05, 4.69) is 168 Å². The number of hydrogen-bond acceptors (Lipinski definition) is 0. The van der Waals surface area contributed by atoms with E-state index >= 15 is 0 Å². The van der Waals surface area contributed by atoms with E-state index in [0.29, 0.717) is 0 Å². The molecule has 0 atom stereocenters. The van der Waals surface area contributed by atoms with Crippen LogP contribution in [-0.2, 0) is 5.54 Å². The molecular formula is C50H51N3. The van der Waals surface area contributed by atoms with Crippen molar-refractivity contribution >= 4 is 65.4 Å². The quantitative estimate of drug-likeness (QED) is 0.107. The molecule has 0 spiro atoms. The number of aromatic nitrogens is 3. The van der Waals surface area contributed by atoms with Gasteiger partial charge in [-0.05, 0) is 80.4 Å². The Morgan fingerprint density at radius 1 is 0.377 bits per heavy atom. The molecule has 0 N–H and O–H groups in total. The van der Waals surface area contributed by atoms with Crippen LogP contribution in [0.15, 0.2) is 133 Å². The Kier molecular flexibility index (Phi) is 8.82. The van der Waals surface area contributed by atoms with Crippen LogP contribution in [0.5, 0.6) is 0 Å². The second-order valence-electron chi connectivity index (χ2n) is 15.6. The van der Waals surface area contributed by atoms with Gasteiger partial charge in [-0.25, -0.2) is 0 Å². The lowest BCUT2D eigenvalue weighted by Crippen LogP contribution is -2.30. The average Bonchev–Trinajstić information content (AvgIpc) is 3.84. The number of rotatable bonds is 13. The van der Waals surface area contributed by atoms with Crippen LogP contribution in [0.2, 0.25) is 0 Å². The molecule has 3 heterocycles. The van der Waals surface area contributed by atoms with E-state index in [4.69, 9.17) is 0 Å². The van der Waals surface area contributed by atoms with E-state index in [1.54, 1.807) is 0 Å². The van der Waals surface area contributed by atoms with E-state index in [1.165, 1.54) is 141 Å². The molecule has 0 saturated heterocycles. The summed E-state index contributed by atoms with van der Waals surface area (Å²) in [6.45, 7) is 7.20. The zero-order chi connectivity index (χ0) is 35.9. The highest BCUT2D eigenvalue weighted by atomic mass is 15.1. The molecule has 9 rings (SSSR count). The molecule has 0 saturated carbocycles. The fourth-order valence-electron chi connectivity index (χ4n) is 9.47. The van der Waals surface area contributed by atoms with Crippen molar-refractivity contribution in [2.45, 2.75) is 90.5 Å². The predicted molar refractivity (Wildman–Crippen MR) is 229 cm³/mol. The topological polar surface area (TPSA) is 14.8 Å². The van der Waals surface area contributed by atoms with Crippen LogP contribution in [0.25, 0.3) is 76.8 Å². The minimum absolute atomic E-state index is 0.0181. The minimum atomic E-state index is 0.0181. The first-order chi connectivity index (χ1) is 26.1. The van der Waals surface area contributed by atoms with Gasteiger partial charge in [0.1, 0.15) is 0 Å². The third kappa shape index (κ3) is 5.64. The van der Waals surface area contributed by atoms with Crippen LogP contribution in [-0.4, -0.2) is 13.7 Å². The summed E-state index contributed by atoms with van der Waals surface area (Å²) in [5, 5.41) is 7.85. The lowest BCUT2D eigenvalue weighted by atomic mass is 9.87. The zero-order valence-electron chi connectivity index (χ0n) is 31.6. The van der Waals surface area contributed by atoms with Crippen LogP contribution >= 0.6 is 0 Å². The third-order valence-corrected chi connectivity index (χ3v) is 12.1. The number of hydrogen-bond donors (Lipinski definition) is 0. The minimum Gasteiger partial charge on any atom is -0.335 e. The van der Waals surface area contributed by atoms with Gasteiger partial charge in [0.05, 0.1) is 22.1 Å². The van der Waals surface area contributed by atoms with Gasteiger partial charge in [0, 0.05) is 60.3 Å². The molecule has 3 heteroatoms. The molecule has 3 nitrogen and oxygen atoms in total. The Bertz CT molecular complexity index is 2440. The van der Waals surface area contributed by atoms with Crippen LogP contribution in [0.4, 0.5) is 0 Å². The van der Waals surface area contributed by atoms with Crippen molar-refractivity contribution < 1.29 is 0 Å². The molecular weight excluding hydrogens is 643 g/mol. The molecule has 0 unspecified atom stereocenters. The Balaban J connectivity index is 1.31. The van der Waals surface area contributed by atoms with Crippen molar-refractivity contribution in [3.63, 3.8) is 0 Å². The number of benzene rings is 6. The first-order valence-corrected chi connectivity index (χ1v) is 20.2. The van der Waals surface area contributed by atoms with E-state index in [-0.39, 0.29) is 5.54 Å². The number of fused-ring (bicyclic) bond motifs is 9. The molecule has 0 bridgehead atoms. The molecule has 53 heavy (non-hydrogen) atoms. The van der Waals surface area contributed by atoms with Crippen molar-refractivity contribution in [3.05, 3.63) is 133 Å². The van der Waals surface area contributed by atoms with Crippen molar-refractivity contribution in [1.29, 1.82) is 0 Å². The number of para-hydroxylation sites is 4. The van der Waals surface area contributed by atoms with Gasteiger partial charge in [-0.15, -0.1) is 0 Å². The van der Waals surface area contributed by atoms with Crippen LogP contribution in [0, 0.1) is 0 Å². The van der Waals surface area contributed by atoms with Gasteiger partial charge in [-0.2, -0.15) is 0 Å². The first kappa shape index (κ1) is 33.5. The van der Waals surface area contributed by atoms with Gasteiger partial charge in [-0.3, -0.25) is 0 Å².